The molecule has 0 spiro atoms. The van der Waals surface area contributed by atoms with Gasteiger partial charge < -0.3 is 14.5 Å². The van der Waals surface area contributed by atoms with E-state index in [1.807, 2.05) is 43.3 Å². The Labute approximate surface area is 200 Å². The van der Waals surface area contributed by atoms with Crippen LogP contribution in [0.2, 0.25) is 10.0 Å². The molecular formula is C26H20Cl2FNO3. The van der Waals surface area contributed by atoms with E-state index in [2.05, 4.69) is 5.32 Å². The maximum absolute atomic E-state index is 14.0. The topological polar surface area (TPSA) is 51.5 Å². The van der Waals surface area contributed by atoms with Gasteiger partial charge in [-0.25, -0.2) is 4.39 Å². The third-order valence-corrected chi connectivity index (χ3v) is 5.58. The van der Waals surface area contributed by atoms with Crippen molar-refractivity contribution in [1.29, 1.82) is 0 Å². The Hall–Kier alpha value is -3.28. The molecule has 0 unspecified atom stereocenters. The van der Waals surface area contributed by atoms with Gasteiger partial charge in [0.2, 0.25) is 5.91 Å². The number of fused-ring (bicyclic) bond motifs is 1. The van der Waals surface area contributed by atoms with Gasteiger partial charge in [0.05, 0.1) is 18.6 Å². The number of amides is 1. The zero-order valence-corrected chi connectivity index (χ0v) is 19.4. The Morgan fingerprint density at radius 3 is 2.52 bits per heavy atom. The maximum atomic E-state index is 14.0. The molecule has 0 saturated heterocycles. The molecule has 3 aromatic carbocycles. The second kappa shape index (κ2) is 9.69. The van der Waals surface area contributed by atoms with Crippen molar-refractivity contribution in [1.82, 2.24) is 0 Å². The largest absolute Gasteiger partial charge is 0.493 e. The molecular weight excluding hydrogens is 464 g/mol. The molecule has 1 amide bonds. The van der Waals surface area contributed by atoms with Gasteiger partial charge >= 0.3 is 0 Å². The zero-order chi connectivity index (χ0) is 23.5. The van der Waals surface area contributed by atoms with Crippen LogP contribution < -0.4 is 10.1 Å². The quantitative estimate of drug-likeness (QED) is 0.282. The highest BCUT2D eigenvalue weighted by atomic mass is 35.5. The molecule has 168 valence electrons. The summed E-state index contributed by atoms with van der Waals surface area (Å²) in [5.41, 5.74) is 3.93. The van der Waals surface area contributed by atoms with E-state index in [0.29, 0.717) is 28.5 Å². The monoisotopic (exact) mass is 483 g/mol. The van der Waals surface area contributed by atoms with E-state index >= 15 is 0 Å². The predicted molar refractivity (Wildman–Crippen MR) is 132 cm³/mol. The maximum Gasteiger partial charge on any atom is 0.248 e. The Morgan fingerprint density at radius 2 is 1.82 bits per heavy atom. The summed E-state index contributed by atoms with van der Waals surface area (Å²) in [6.07, 6.45) is 3.09. The number of furan rings is 1. The van der Waals surface area contributed by atoms with Crippen molar-refractivity contribution in [2.24, 2.45) is 0 Å². The summed E-state index contributed by atoms with van der Waals surface area (Å²) in [5, 5.41) is 4.31. The number of anilines is 1. The van der Waals surface area contributed by atoms with Crippen molar-refractivity contribution in [2.45, 2.75) is 13.8 Å². The van der Waals surface area contributed by atoms with Crippen LogP contribution in [0.15, 0.2) is 71.4 Å². The van der Waals surface area contributed by atoms with E-state index in [1.165, 1.54) is 18.2 Å². The lowest BCUT2D eigenvalue weighted by Crippen LogP contribution is -2.10. The predicted octanol–water partition coefficient (Wildman–Crippen LogP) is 7.99. The van der Waals surface area contributed by atoms with Gasteiger partial charge in [0.25, 0.3) is 0 Å². The lowest BCUT2D eigenvalue weighted by atomic mass is 9.99. The average Bonchev–Trinajstić information content (AvgIpc) is 3.18. The summed E-state index contributed by atoms with van der Waals surface area (Å²) in [6.45, 7) is 4.12. The van der Waals surface area contributed by atoms with Crippen LogP contribution in [-0.2, 0) is 4.79 Å². The molecule has 4 aromatic rings. The number of ether oxygens (including phenoxy) is 1. The van der Waals surface area contributed by atoms with E-state index in [4.69, 9.17) is 32.4 Å². The molecule has 33 heavy (non-hydrogen) atoms. The summed E-state index contributed by atoms with van der Waals surface area (Å²) in [4.78, 5) is 12.6. The van der Waals surface area contributed by atoms with Crippen LogP contribution in [0.1, 0.15) is 19.4 Å². The van der Waals surface area contributed by atoms with E-state index in [-0.39, 0.29) is 10.7 Å². The van der Waals surface area contributed by atoms with Crippen molar-refractivity contribution >= 4 is 51.3 Å². The van der Waals surface area contributed by atoms with Crippen molar-refractivity contribution in [3.8, 4) is 16.9 Å². The first-order chi connectivity index (χ1) is 15.9. The number of carbonyl (C=O) groups is 1. The third-order valence-electron chi connectivity index (χ3n) is 5.09. The highest BCUT2D eigenvalue weighted by Crippen LogP contribution is 2.37. The van der Waals surface area contributed by atoms with Gasteiger partial charge in [-0.05, 0) is 61.4 Å². The lowest BCUT2D eigenvalue weighted by molar-refractivity contribution is -0.111. The molecule has 1 N–H and O–H groups in total. The number of nitrogens with one attached hydrogen (secondary N) is 1. The third kappa shape index (κ3) is 5.05. The van der Waals surface area contributed by atoms with Crippen LogP contribution >= 0.6 is 23.2 Å². The Kier molecular flexibility index (Phi) is 6.72. The molecule has 0 aliphatic carbocycles. The fourth-order valence-electron chi connectivity index (χ4n) is 3.53. The standard InChI is InChI=1S/C26H20Cl2FNO3/c1-3-32-24-13-25-20(21(14-33-25)16-4-6-17(27)7-5-16)12-19(24)15(2)10-26(31)30-23-9-8-18(28)11-22(23)29/h4-14H,3H2,1-2H3,(H,30,31)/b15-10+. The van der Waals surface area contributed by atoms with E-state index in [0.717, 1.165) is 28.1 Å². The molecule has 0 aliphatic heterocycles. The molecule has 4 nitrogen and oxygen atoms in total. The minimum absolute atomic E-state index is 0.0498. The number of halogens is 3. The molecule has 1 heterocycles. The van der Waals surface area contributed by atoms with Crippen molar-refractivity contribution in [3.63, 3.8) is 0 Å². The van der Waals surface area contributed by atoms with Gasteiger partial charge in [-0.2, -0.15) is 0 Å². The summed E-state index contributed by atoms with van der Waals surface area (Å²) < 4.78 is 25.6. The second-order valence-corrected chi connectivity index (χ2v) is 8.25. The summed E-state index contributed by atoms with van der Waals surface area (Å²) in [7, 11) is 0. The highest BCUT2D eigenvalue weighted by Gasteiger charge is 2.16. The fraction of sp³-hybridized carbons (Fsp3) is 0.115. The first-order valence-electron chi connectivity index (χ1n) is 10.2. The first kappa shape index (κ1) is 22.9. The van der Waals surface area contributed by atoms with Crippen LogP contribution in [0.5, 0.6) is 5.75 Å². The van der Waals surface area contributed by atoms with E-state index in [1.54, 1.807) is 13.2 Å². The molecule has 4 rings (SSSR count). The summed E-state index contributed by atoms with van der Waals surface area (Å²) in [6, 6.07) is 15.3. The zero-order valence-electron chi connectivity index (χ0n) is 17.9. The van der Waals surface area contributed by atoms with Gasteiger partial charge in [-0.1, -0.05) is 35.3 Å². The number of benzene rings is 3. The molecule has 1 aromatic heterocycles. The SMILES string of the molecule is CCOc1cc2occ(-c3ccc(Cl)cc3)c2cc1/C(C)=C/C(=O)Nc1ccc(Cl)cc1F. The highest BCUT2D eigenvalue weighted by molar-refractivity contribution is 6.31. The first-order valence-corrected chi connectivity index (χ1v) is 11.0. The molecule has 0 bridgehead atoms. The van der Waals surface area contributed by atoms with Gasteiger partial charge in [0.1, 0.15) is 17.1 Å². The van der Waals surface area contributed by atoms with Crippen LogP contribution in [0.3, 0.4) is 0 Å². The number of rotatable bonds is 6. The van der Waals surface area contributed by atoms with E-state index < -0.39 is 11.7 Å². The Bertz CT molecular complexity index is 1360. The van der Waals surface area contributed by atoms with Crippen molar-refractivity contribution in [3.05, 3.63) is 88.4 Å². The molecule has 0 atom stereocenters. The minimum Gasteiger partial charge on any atom is -0.493 e. The van der Waals surface area contributed by atoms with Gasteiger partial charge in [0.15, 0.2) is 0 Å². The molecule has 0 saturated carbocycles. The Balaban J connectivity index is 1.72. The normalized spacial score (nSPS) is 11.6. The number of hydrogen-bond donors (Lipinski definition) is 1. The average molecular weight is 484 g/mol. The number of allylic oxidation sites excluding steroid dienone is 1. The lowest BCUT2D eigenvalue weighted by Gasteiger charge is -2.12. The fourth-order valence-corrected chi connectivity index (χ4v) is 3.81. The van der Waals surface area contributed by atoms with Gasteiger partial charge in [0, 0.05) is 38.7 Å². The van der Waals surface area contributed by atoms with Crippen LogP contribution in [-0.4, -0.2) is 12.5 Å². The summed E-state index contributed by atoms with van der Waals surface area (Å²) in [5.74, 6) is -0.494. The molecule has 7 heteroatoms. The summed E-state index contributed by atoms with van der Waals surface area (Å²) >= 11 is 11.8. The molecule has 0 radical (unpaired) electrons. The van der Waals surface area contributed by atoms with Crippen LogP contribution in [0.25, 0.3) is 27.7 Å². The molecule has 0 fully saturated rings. The molecule has 0 aliphatic rings. The number of hydrogen-bond acceptors (Lipinski definition) is 3. The van der Waals surface area contributed by atoms with Crippen LogP contribution in [0.4, 0.5) is 10.1 Å². The van der Waals surface area contributed by atoms with Crippen molar-refractivity contribution in [2.75, 3.05) is 11.9 Å². The van der Waals surface area contributed by atoms with E-state index in [9.17, 15) is 9.18 Å². The second-order valence-electron chi connectivity index (χ2n) is 7.37. The smallest absolute Gasteiger partial charge is 0.248 e. The Morgan fingerprint density at radius 1 is 1.09 bits per heavy atom. The number of carbonyl (C=O) groups excluding carboxylic acids is 1. The minimum atomic E-state index is -0.607. The van der Waals surface area contributed by atoms with Crippen LogP contribution in [0, 0.1) is 5.82 Å². The van der Waals surface area contributed by atoms with Crippen molar-refractivity contribution < 1.29 is 18.3 Å². The van der Waals surface area contributed by atoms with Gasteiger partial charge in [-0.15, -0.1) is 0 Å². The van der Waals surface area contributed by atoms with Gasteiger partial charge in [-0.3, -0.25) is 4.79 Å².